The zero-order chi connectivity index (χ0) is 16.5. The Morgan fingerprint density at radius 1 is 1.12 bits per heavy atom. The molecule has 1 atom stereocenters. The Labute approximate surface area is 139 Å². The van der Waals surface area contributed by atoms with E-state index in [1.165, 1.54) is 0 Å². The molecule has 5 nitrogen and oxygen atoms in total. The van der Waals surface area contributed by atoms with Gasteiger partial charge in [-0.15, -0.1) is 0 Å². The van der Waals surface area contributed by atoms with Gasteiger partial charge < -0.3 is 15.3 Å². The number of nitrogens with zero attached hydrogens (tertiary/aromatic N) is 1. The van der Waals surface area contributed by atoms with E-state index in [1.807, 2.05) is 61.7 Å². The molecule has 0 unspecified atom stereocenters. The number of rotatable bonds is 4. The fourth-order valence-electron chi connectivity index (χ4n) is 2.99. The molecule has 0 bridgehead atoms. The zero-order valence-electron chi connectivity index (χ0n) is 13.3. The molecule has 0 aliphatic rings. The van der Waals surface area contributed by atoms with Gasteiger partial charge >= 0.3 is 0 Å². The monoisotopic (exact) mass is 318 g/mol. The second-order valence-electron chi connectivity index (χ2n) is 5.96. The molecule has 0 aliphatic heterocycles. The number of fused-ring (bicyclic) bond motifs is 2. The third-order valence-corrected chi connectivity index (χ3v) is 4.22. The molecule has 2 aromatic carbocycles. The molecule has 5 heteroatoms. The number of aromatic amines is 2. The normalized spacial score (nSPS) is 12.5. The van der Waals surface area contributed by atoms with Gasteiger partial charge in [0.2, 0.25) is 5.91 Å². The molecule has 120 valence electrons. The Morgan fingerprint density at radius 2 is 1.88 bits per heavy atom. The van der Waals surface area contributed by atoms with Crippen molar-refractivity contribution in [2.45, 2.75) is 19.4 Å². The lowest BCUT2D eigenvalue weighted by Gasteiger charge is -2.11. The predicted molar refractivity (Wildman–Crippen MR) is 94.7 cm³/mol. The van der Waals surface area contributed by atoms with Gasteiger partial charge in [0.1, 0.15) is 5.82 Å². The van der Waals surface area contributed by atoms with E-state index < -0.39 is 0 Å². The van der Waals surface area contributed by atoms with E-state index in [1.54, 1.807) is 0 Å². The van der Waals surface area contributed by atoms with Crippen LogP contribution in [-0.4, -0.2) is 20.9 Å². The molecule has 2 aromatic heterocycles. The second kappa shape index (κ2) is 5.85. The highest BCUT2D eigenvalue weighted by molar-refractivity contribution is 5.89. The van der Waals surface area contributed by atoms with Crippen molar-refractivity contribution < 1.29 is 4.79 Å². The van der Waals surface area contributed by atoms with Crippen molar-refractivity contribution in [1.29, 1.82) is 0 Å². The third kappa shape index (κ3) is 2.65. The molecule has 0 radical (unpaired) electrons. The van der Waals surface area contributed by atoms with Gasteiger partial charge in [-0.1, -0.05) is 30.3 Å². The topological polar surface area (TPSA) is 73.6 Å². The van der Waals surface area contributed by atoms with Gasteiger partial charge in [0.15, 0.2) is 0 Å². The van der Waals surface area contributed by atoms with Crippen LogP contribution < -0.4 is 5.32 Å². The summed E-state index contributed by atoms with van der Waals surface area (Å²) in [6.45, 7) is 1.94. The van der Waals surface area contributed by atoms with Crippen LogP contribution in [0, 0.1) is 0 Å². The summed E-state index contributed by atoms with van der Waals surface area (Å²) in [5.74, 6) is 0.746. The van der Waals surface area contributed by atoms with Gasteiger partial charge in [0, 0.05) is 17.1 Å². The van der Waals surface area contributed by atoms with E-state index >= 15 is 0 Å². The number of para-hydroxylation sites is 3. The van der Waals surface area contributed by atoms with Crippen LogP contribution in [0.5, 0.6) is 0 Å². The minimum absolute atomic E-state index is 0.0206. The van der Waals surface area contributed by atoms with E-state index in [4.69, 9.17) is 0 Å². The lowest BCUT2D eigenvalue weighted by molar-refractivity contribution is -0.121. The highest BCUT2D eigenvalue weighted by Crippen LogP contribution is 2.19. The SMILES string of the molecule is C[C@H](NC(=O)Cc1c[nH]c2ccccc12)c1nc2ccccc2[nH]1. The van der Waals surface area contributed by atoms with Gasteiger partial charge in [-0.3, -0.25) is 4.79 Å². The van der Waals surface area contributed by atoms with E-state index in [0.29, 0.717) is 6.42 Å². The first kappa shape index (κ1) is 14.5. The van der Waals surface area contributed by atoms with Crippen molar-refractivity contribution >= 4 is 27.8 Å². The quantitative estimate of drug-likeness (QED) is 0.539. The lowest BCUT2D eigenvalue weighted by atomic mass is 10.1. The molecule has 1 amide bonds. The Kier molecular flexibility index (Phi) is 3.54. The maximum Gasteiger partial charge on any atom is 0.225 e. The van der Waals surface area contributed by atoms with Gasteiger partial charge in [0.25, 0.3) is 0 Å². The van der Waals surface area contributed by atoms with Gasteiger partial charge in [0.05, 0.1) is 23.5 Å². The van der Waals surface area contributed by atoms with Crippen molar-refractivity contribution in [2.24, 2.45) is 0 Å². The van der Waals surface area contributed by atoms with Crippen molar-refractivity contribution in [3.8, 4) is 0 Å². The van der Waals surface area contributed by atoms with Crippen molar-refractivity contribution in [3.05, 3.63) is 66.1 Å². The Hall–Kier alpha value is -3.08. The summed E-state index contributed by atoms with van der Waals surface area (Å²) in [5, 5.41) is 4.10. The van der Waals surface area contributed by atoms with E-state index in [0.717, 1.165) is 33.3 Å². The molecule has 0 saturated heterocycles. The summed E-state index contributed by atoms with van der Waals surface area (Å²) >= 11 is 0. The number of hydrogen-bond donors (Lipinski definition) is 3. The van der Waals surface area contributed by atoms with Crippen LogP contribution in [0.1, 0.15) is 24.4 Å². The van der Waals surface area contributed by atoms with Crippen molar-refractivity contribution in [3.63, 3.8) is 0 Å². The van der Waals surface area contributed by atoms with Crippen LogP contribution in [0.4, 0.5) is 0 Å². The summed E-state index contributed by atoms with van der Waals surface area (Å²) in [6, 6.07) is 15.7. The first-order valence-electron chi connectivity index (χ1n) is 8.00. The molecule has 4 aromatic rings. The van der Waals surface area contributed by atoms with Crippen LogP contribution in [0.3, 0.4) is 0 Å². The fourth-order valence-corrected chi connectivity index (χ4v) is 2.99. The average molecular weight is 318 g/mol. The number of carbonyl (C=O) groups is 1. The fraction of sp³-hybridized carbons (Fsp3) is 0.158. The molecule has 24 heavy (non-hydrogen) atoms. The van der Waals surface area contributed by atoms with Gasteiger partial charge in [-0.25, -0.2) is 4.98 Å². The van der Waals surface area contributed by atoms with Crippen LogP contribution in [0.15, 0.2) is 54.7 Å². The number of amides is 1. The Morgan fingerprint density at radius 3 is 2.71 bits per heavy atom. The zero-order valence-corrected chi connectivity index (χ0v) is 13.3. The van der Waals surface area contributed by atoms with Crippen molar-refractivity contribution in [2.75, 3.05) is 0 Å². The smallest absolute Gasteiger partial charge is 0.225 e. The first-order valence-corrected chi connectivity index (χ1v) is 8.00. The number of benzene rings is 2. The number of nitrogens with one attached hydrogen (secondary N) is 3. The summed E-state index contributed by atoms with van der Waals surface area (Å²) in [6.07, 6.45) is 2.24. The van der Waals surface area contributed by atoms with Crippen molar-refractivity contribution in [1.82, 2.24) is 20.3 Å². The molecule has 0 fully saturated rings. The van der Waals surface area contributed by atoms with Gasteiger partial charge in [-0.2, -0.15) is 0 Å². The maximum atomic E-state index is 12.4. The van der Waals surface area contributed by atoms with Crippen LogP contribution in [-0.2, 0) is 11.2 Å². The largest absolute Gasteiger partial charge is 0.361 e. The Bertz CT molecular complexity index is 981. The number of H-pyrrole nitrogens is 2. The standard InChI is InChI=1S/C19H18N4O/c1-12(19-22-16-8-4-5-9-17(16)23-19)21-18(24)10-13-11-20-15-7-3-2-6-14(13)15/h2-9,11-12,20H,10H2,1H3,(H,21,24)(H,22,23)/t12-/m0/s1. The molecule has 3 N–H and O–H groups in total. The minimum atomic E-state index is -0.171. The molecule has 0 aliphatic carbocycles. The molecule has 0 saturated carbocycles. The minimum Gasteiger partial charge on any atom is -0.361 e. The highest BCUT2D eigenvalue weighted by atomic mass is 16.1. The number of imidazole rings is 1. The molecule has 0 spiro atoms. The molecule has 2 heterocycles. The molecular weight excluding hydrogens is 300 g/mol. The van der Waals surface area contributed by atoms with Crippen LogP contribution >= 0.6 is 0 Å². The number of hydrogen-bond acceptors (Lipinski definition) is 2. The summed E-state index contributed by atoms with van der Waals surface area (Å²) < 4.78 is 0. The molecular formula is C19H18N4O. The molecule has 4 rings (SSSR count). The number of aromatic nitrogens is 3. The summed E-state index contributed by atoms with van der Waals surface area (Å²) in [4.78, 5) is 23.4. The van der Waals surface area contributed by atoms with Crippen LogP contribution in [0.2, 0.25) is 0 Å². The van der Waals surface area contributed by atoms with E-state index in [9.17, 15) is 4.79 Å². The predicted octanol–water partition coefficient (Wildman–Crippen LogP) is 3.46. The highest BCUT2D eigenvalue weighted by Gasteiger charge is 2.15. The van der Waals surface area contributed by atoms with E-state index in [-0.39, 0.29) is 11.9 Å². The van der Waals surface area contributed by atoms with E-state index in [2.05, 4.69) is 20.3 Å². The lowest BCUT2D eigenvalue weighted by Crippen LogP contribution is -2.28. The number of carbonyl (C=O) groups excluding carboxylic acids is 1. The third-order valence-electron chi connectivity index (χ3n) is 4.22. The van der Waals surface area contributed by atoms with Gasteiger partial charge in [-0.05, 0) is 30.7 Å². The van der Waals surface area contributed by atoms with Crippen LogP contribution in [0.25, 0.3) is 21.9 Å². The first-order chi connectivity index (χ1) is 11.7. The Balaban J connectivity index is 1.49. The summed E-state index contributed by atoms with van der Waals surface area (Å²) in [5.41, 5.74) is 3.93. The maximum absolute atomic E-state index is 12.4. The second-order valence-corrected chi connectivity index (χ2v) is 5.96. The summed E-state index contributed by atoms with van der Waals surface area (Å²) in [7, 11) is 0. The average Bonchev–Trinajstić information content (AvgIpc) is 3.19.